The van der Waals surface area contributed by atoms with Crippen molar-refractivity contribution in [2.75, 3.05) is 6.54 Å². The molecule has 0 saturated carbocycles. The maximum atomic E-state index is 6.24. The highest BCUT2D eigenvalue weighted by molar-refractivity contribution is 6.31. The summed E-state index contributed by atoms with van der Waals surface area (Å²) in [4.78, 5) is 0. The Morgan fingerprint density at radius 3 is 3.12 bits per heavy atom. The van der Waals surface area contributed by atoms with E-state index in [2.05, 4.69) is 24.4 Å². The van der Waals surface area contributed by atoms with Crippen LogP contribution in [-0.4, -0.2) is 12.6 Å². The van der Waals surface area contributed by atoms with Gasteiger partial charge < -0.3 is 5.32 Å². The first-order chi connectivity index (χ1) is 7.81. The van der Waals surface area contributed by atoms with E-state index in [9.17, 15) is 0 Å². The summed E-state index contributed by atoms with van der Waals surface area (Å²) >= 11 is 6.24. The Labute approximate surface area is 103 Å². The first-order valence-electron chi connectivity index (χ1n) is 6.31. The molecule has 0 amide bonds. The van der Waals surface area contributed by atoms with Gasteiger partial charge in [0.1, 0.15) is 0 Å². The van der Waals surface area contributed by atoms with Gasteiger partial charge in [-0.25, -0.2) is 0 Å². The van der Waals surface area contributed by atoms with Gasteiger partial charge in [0.15, 0.2) is 0 Å². The van der Waals surface area contributed by atoms with E-state index in [1.165, 1.54) is 36.8 Å². The molecule has 1 atom stereocenters. The van der Waals surface area contributed by atoms with E-state index >= 15 is 0 Å². The van der Waals surface area contributed by atoms with Crippen LogP contribution >= 0.6 is 11.6 Å². The highest BCUT2D eigenvalue weighted by Crippen LogP contribution is 2.27. The number of aryl methyl sites for hydroxylation is 1. The number of nitrogens with one attached hydrogen (secondary N) is 1. The van der Waals surface area contributed by atoms with Gasteiger partial charge in [-0.15, -0.1) is 0 Å². The number of unbranched alkanes of at least 4 members (excludes halogenated alkanes) is 1. The van der Waals surface area contributed by atoms with Crippen LogP contribution in [0, 0.1) is 0 Å². The van der Waals surface area contributed by atoms with Gasteiger partial charge in [0.2, 0.25) is 0 Å². The minimum Gasteiger partial charge on any atom is -0.314 e. The number of hydrogen-bond acceptors (Lipinski definition) is 1. The standard InChI is InChI=1S/C14H20ClN/c1-2-3-9-16-12-8-7-11-5-4-6-14(15)13(11)10-12/h4-6,12,16H,2-3,7-10H2,1H3. The van der Waals surface area contributed by atoms with Gasteiger partial charge in [-0.2, -0.15) is 0 Å². The molecule has 1 aliphatic carbocycles. The number of halogens is 1. The SMILES string of the molecule is CCCCNC1CCc2cccc(Cl)c2C1. The molecule has 2 rings (SSSR count). The van der Waals surface area contributed by atoms with Crippen LogP contribution in [0.15, 0.2) is 18.2 Å². The third-order valence-electron chi connectivity index (χ3n) is 3.39. The van der Waals surface area contributed by atoms with Gasteiger partial charge in [-0.3, -0.25) is 0 Å². The van der Waals surface area contributed by atoms with Crippen molar-refractivity contribution in [3.63, 3.8) is 0 Å². The molecule has 0 bridgehead atoms. The molecule has 0 radical (unpaired) electrons. The molecule has 0 spiro atoms. The first kappa shape index (κ1) is 11.9. The van der Waals surface area contributed by atoms with Crippen LogP contribution in [0.4, 0.5) is 0 Å². The topological polar surface area (TPSA) is 12.0 Å². The number of benzene rings is 1. The summed E-state index contributed by atoms with van der Waals surface area (Å²) in [6, 6.07) is 6.91. The van der Waals surface area contributed by atoms with Crippen molar-refractivity contribution >= 4 is 11.6 Å². The molecule has 88 valence electrons. The molecule has 1 unspecified atom stereocenters. The van der Waals surface area contributed by atoms with Crippen molar-refractivity contribution in [1.29, 1.82) is 0 Å². The summed E-state index contributed by atoms with van der Waals surface area (Å²) in [6.07, 6.45) is 6.04. The second kappa shape index (κ2) is 5.70. The lowest BCUT2D eigenvalue weighted by atomic mass is 9.88. The lowest BCUT2D eigenvalue weighted by Crippen LogP contribution is -2.35. The van der Waals surface area contributed by atoms with Crippen molar-refractivity contribution in [3.05, 3.63) is 34.3 Å². The van der Waals surface area contributed by atoms with E-state index in [1.807, 2.05) is 6.07 Å². The normalized spacial score (nSPS) is 19.5. The van der Waals surface area contributed by atoms with Gasteiger partial charge in [0.05, 0.1) is 0 Å². The Balaban J connectivity index is 1.97. The maximum absolute atomic E-state index is 6.24. The van der Waals surface area contributed by atoms with Crippen LogP contribution in [0.3, 0.4) is 0 Å². The monoisotopic (exact) mass is 237 g/mol. The van der Waals surface area contributed by atoms with Gasteiger partial charge in [-0.05, 0) is 49.4 Å². The van der Waals surface area contributed by atoms with Gasteiger partial charge in [-0.1, -0.05) is 37.1 Å². The van der Waals surface area contributed by atoms with E-state index in [0.717, 1.165) is 18.0 Å². The zero-order valence-electron chi connectivity index (χ0n) is 9.93. The molecule has 0 heterocycles. The minimum absolute atomic E-state index is 0.624. The summed E-state index contributed by atoms with van der Waals surface area (Å²) < 4.78 is 0. The minimum atomic E-state index is 0.624. The average molecular weight is 238 g/mol. The molecule has 1 N–H and O–H groups in total. The molecule has 1 aromatic rings. The summed E-state index contributed by atoms with van der Waals surface area (Å²) in [5.41, 5.74) is 2.81. The molecule has 0 aliphatic heterocycles. The molecule has 0 fully saturated rings. The first-order valence-corrected chi connectivity index (χ1v) is 6.68. The quantitative estimate of drug-likeness (QED) is 0.790. The van der Waals surface area contributed by atoms with E-state index < -0.39 is 0 Å². The second-order valence-electron chi connectivity index (χ2n) is 4.62. The van der Waals surface area contributed by atoms with Crippen LogP contribution in [0.1, 0.15) is 37.3 Å². The largest absolute Gasteiger partial charge is 0.314 e. The Bertz CT molecular complexity index is 349. The van der Waals surface area contributed by atoms with Crippen LogP contribution in [-0.2, 0) is 12.8 Å². The number of rotatable bonds is 4. The fraction of sp³-hybridized carbons (Fsp3) is 0.571. The lowest BCUT2D eigenvalue weighted by Gasteiger charge is -2.26. The van der Waals surface area contributed by atoms with E-state index in [1.54, 1.807) is 0 Å². The number of fused-ring (bicyclic) bond motifs is 1. The van der Waals surface area contributed by atoms with Crippen LogP contribution in [0.5, 0.6) is 0 Å². The van der Waals surface area contributed by atoms with Crippen LogP contribution in [0.25, 0.3) is 0 Å². The lowest BCUT2D eigenvalue weighted by molar-refractivity contribution is 0.453. The maximum Gasteiger partial charge on any atom is 0.0441 e. The summed E-state index contributed by atoms with van der Waals surface area (Å²) in [5, 5.41) is 4.58. The van der Waals surface area contributed by atoms with Gasteiger partial charge in [0.25, 0.3) is 0 Å². The molecular weight excluding hydrogens is 218 g/mol. The van der Waals surface area contributed by atoms with Crippen molar-refractivity contribution in [2.24, 2.45) is 0 Å². The van der Waals surface area contributed by atoms with E-state index in [0.29, 0.717) is 6.04 Å². The van der Waals surface area contributed by atoms with Gasteiger partial charge in [0, 0.05) is 11.1 Å². The second-order valence-corrected chi connectivity index (χ2v) is 5.03. The molecule has 0 aromatic heterocycles. The highest BCUT2D eigenvalue weighted by atomic mass is 35.5. The summed E-state index contributed by atoms with van der Waals surface area (Å²) in [7, 11) is 0. The predicted octanol–water partition coefficient (Wildman–Crippen LogP) is 3.59. The highest BCUT2D eigenvalue weighted by Gasteiger charge is 2.19. The molecule has 1 aromatic carbocycles. The van der Waals surface area contributed by atoms with E-state index in [4.69, 9.17) is 11.6 Å². The molecule has 16 heavy (non-hydrogen) atoms. The third-order valence-corrected chi connectivity index (χ3v) is 3.75. The predicted molar refractivity (Wildman–Crippen MR) is 70.2 cm³/mol. The molecule has 1 aliphatic rings. The van der Waals surface area contributed by atoms with Crippen molar-refractivity contribution < 1.29 is 0 Å². The van der Waals surface area contributed by atoms with Crippen LogP contribution in [0.2, 0.25) is 5.02 Å². The molecule has 1 nitrogen and oxygen atoms in total. The Hall–Kier alpha value is -0.530. The fourth-order valence-electron chi connectivity index (χ4n) is 2.40. The van der Waals surface area contributed by atoms with E-state index in [-0.39, 0.29) is 0 Å². The summed E-state index contributed by atoms with van der Waals surface area (Å²) in [6.45, 7) is 3.37. The smallest absolute Gasteiger partial charge is 0.0441 e. The zero-order chi connectivity index (χ0) is 11.4. The molecule has 2 heteroatoms. The number of hydrogen-bond donors (Lipinski definition) is 1. The Morgan fingerprint density at radius 1 is 1.44 bits per heavy atom. The molecule has 0 saturated heterocycles. The zero-order valence-corrected chi connectivity index (χ0v) is 10.7. The van der Waals surface area contributed by atoms with Crippen molar-refractivity contribution in [2.45, 2.75) is 45.1 Å². The summed E-state index contributed by atoms with van der Waals surface area (Å²) in [5.74, 6) is 0. The van der Waals surface area contributed by atoms with Crippen molar-refractivity contribution in [3.8, 4) is 0 Å². The third kappa shape index (κ3) is 2.78. The Morgan fingerprint density at radius 2 is 2.31 bits per heavy atom. The van der Waals surface area contributed by atoms with Crippen LogP contribution < -0.4 is 5.32 Å². The van der Waals surface area contributed by atoms with Gasteiger partial charge >= 0.3 is 0 Å². The average Bonchev–Trinajstić information content (AvgIpc) is 2.30. The fourth-order valence-corrected chi connectivity index (χ4v) is 2.67. The Kier molecular flexibility index (Phi) is 4.25. The van der Waals surface area contributed by atoms with Crippen molar-refractivity contribution in [1.82, 2.24) is 5.32 Å². The molecular formula is C14H20ClN.